The van der Waals surface area contributed by atoms with Crippen molar-refractivity contribution in [2.24, 2.45) is 14.1 Å². The van der Waals surface area contributed by atoms with Gasteiger partial charge in [-0.3, -0.25) is 9.97 Å². The summed E-state index contributed by atoms with van der Waals surface area (Å²) in [6.07, 6.45) is 1.96. The number of aryl methyl sites for hydroxylation is 4. The summed E-state index contributed by atoms with van der Waals surface area (Å²) < 4.78 is 84.3. The van der Waals surface area contributed by atoms with Crippen molar-refractivity contribution >= 4 is 54.8 Å². The largest absolute Gasteiger partial charge is 0.481 e. The Bertz CT molecular complexity index is 4070. The standard InChI is InChI=1S/C59H51Cl2F3N8O6S/c1-34-10-21-47(35(2)68-34)57(73,52-32-67-36(3)72(52)5)40-17-22-49-43(29-40)54(61)46(28-37-11-15-39(16-12-37)59(62,63)64)56(70-49)78-25-26-79(75,76)42-19-13-38(14-20-42)27-45-53(60)44-30-41(18-23-48(44)69-55(45)77-6)58(74,50-9-7-8-24-66-50)51-31-65-33-71(51)4/h7-24,29-33,73-74H,25-28H2,1-6H3. The van der Waals surface area contributed by atoms with E-state index in [0.29, 0.717) is 88.8 Å². The van der Waals surface area contributed by atoms with Gasteiger partial charge in [0.2, 0.25) is 11.8 Å². The number of pyridine rings is 4. The van der Waals surface area contributed by atoms with E-state index >= 15 is 0 Å². The highest BCUT2D eigenvalue weighted by Gasteiger charge is 2.41. The molecule has 0 aliphatic rings. The number of aliphatic hydroxyl groups is 2. The second kappa shape index (κ2) is 21.1. The molecule has 0 bridgehead atoms. The maximum atomic E-state index is 14.0. The van der Waals surface area contributed by atoms with Gasteiger partial charge >= 0.3 is 6.18 Å². The molecule has 14 nitrogen and oxygen atoms in total. The molecule has 20 heteroatoms. The van der Waals surface area contributed by atoms with Gasteiger partial charge < -0.3 is 28.8 Å². The van der Waals surface area contributed by atoms with Crippen molar-refractivity contribution in [3.63, 3.8) is 0 Å². The van der Waals surface area contributed by atoms with E-state index in [1.807, 2.05) is 19.9 Å². The zero-order chi connectivity index (χ0) is 56.2. The third kappa shape index (κ3) is 10.2. The second-order valence-electron chi connectivity index (χ2n) is 19.3. The van der Waals surface area contributed by atoms with E-state index in [1.54, 1.807) is 128 Å². The van der Waals surface area contributed by atoms with E-state index in [0.717, 1.165) is 17.8 Å². The van der Waals surface area contributed by atoms with E-state index in [-0.39, 0.29) is 46.7 Å². The van der Waals surface area contributed by atoms with E-state index in [2.05, 4.69) is 19.9 Å². The Morgan fingerprint density at radius 1 is 0.671 bits per heavy atom. The summed E-state index contributed by atoms with van der Waals surface area (Å²) in [5.41, 5.74) is 2.50. The third-order valence-electron chi connectivity index (χ3n) is 14.3. The Morgan fingerprint density at radius 3 is 1.81 bits per heavy atom. The number of benzene rings is 4. The van der Waals surface area contributed by atoms with Gasteiger partial charge in [0.1, 0.15) is 12.4 Å². The molecule has 0 saturated heterocycles. The monoisotopic (exact) mass is 1130 g/mol. The lowest BCUT2D eigenvalue weighted by atomic mass is 9.82. The molecule has 2 N–H and O–H groups in total. The van der Waals surface area contributed by atoms with E-state index in [9.17, 15) is 31.8 Å². The van der Waals surface area contributed by atoms with Crippen LogP contribution in [-0.2, 0) is 54.2 Å². The van der Waals surface area contributed by atoms with Crippen LogP contribution in [0.25, 0.3) is 21.8 Å². The average Bonchev–Trinajstić information content (AvgIpc) is 4.28. The molecular formula is C59H51Cl2F3N8O6S. The van der Waals surface area contributed by atoms with E-state index < -0.39 is 38.5 Å². The van der Waals surface area contributed by atoms with Crippen molar-refractivity contribution < 1.29 is 41.3 Å². The minimum atomic E-state index is -4.56. The van der Waals surface area contributed by atoms with Crippen LogP contribution in [0.15, 0.2) is 145 Å². The fourth-order valence-corrected chi connectivity index (χ4v) is 11.7. The lowest BCUT2D eigenvalue weighted by Crippen LogP contribution is -2.32. The number of nitrogens with zero attached hydrogens (tertiary/aromatic N) is 8. The first-order valence-corrected chi connectivity index (χ1v) is 27.2. The number of imidazole rings is 2. The number of alkyl halides is 3. The summed E-state index contributed by atoms with van der Waals surface area (Å²) in [6, 6.07) is 30.1. The number of hydrogen-bond donors (Lipinski definition) is 2. The molecule has 2 unspecified atom stereocenters. The van der Waals surface area contributed by atoms with Crippen molar-refractivity contribution in [1.29, 1.82) is 0 Å². The van der Waals surface area contributed by atoms with Gasteiger partial charge in [-0.05, 0) is 110 Å². The number of aromatic nitrogens is 8. The molecular weight excluding hydrogens is 1080 g/mol. The number of sulfone groups is 1. The number of halogens is 5. The van der Waals surface area contributed by atoms with Crippen molar-refractivity contribution in [3.05, 3.63) is 229 Å². The SMILES string of the molecule is COc1nc2ccc(C(O)(c3ccccn3)c3cncn3C)cc2c(Cl)c1Cc1ccc(S(=O)(=O)CCOc2nc3ccc(C(O)(c4ccc(C)nc4C)c4cnc(C)n4C)cc3c(Cl)c2Cc2ccc(C(F)(F)F)cc2)cc1. The topological polar surface area (TPSA) is 180 Å². The first-order valence-electron chi connectivity index (χ1n) is 24.8. The summed E-state index contributed by atoms with van der Waals surface area (Å²) in [5, 5.41) is 26.8. The molecule has 6 heterocycles. The molecule has 6 aromatic heterocycles. The van der Waals surface area contributed by atoms with Crippen LogP contribution < -0.4 is 9.47 Å². The summed E-state index contributed by atoms with van der Waals surface area (Å²) in [6.45, 7) is 5.10. The Hall–Kier alpha value is -7.74. The minimum absolute atomic E-state index is 0.0142. The van der Waals surface area contributed by atoms with Crippen LogP contribution >= 0.6 is 23.2 Å². The summed E-state index contributed by atoms with van der Waals surface area (Å²) >= 11 is 14.5. The lowest BCUT2D eigenvalue weighted by molar-refractivity contribution is -0.137. The van der Waals surface area contributed by atoms with E-state index in [4.69, 9.17) is 42.6 Å². The van der Waals surface area contributed by atoms with Gasteiger partial charge in [0.15, 0.2) is 21.0 Å². The van der Waals surface area contributed by atoms with Crippen LogP contribution in [0.4, 0.5) is 13.2 Å². The molecule has 10 aromatic rings. The van der Waals surface area contributed by atoms with Gasteiger partial charge in [-0.15, -0.1) is 0 Å². The molecule has 404 valence electrons. The minimum Gasteiger partial charge on any atom is -0.481 e. The molecule has 0 spiro atoms. The summed E-state index contributed by atoms with van der Waals surface area (Å²) in [5.74, 6) is 0.415. The van der Waals surface area contributed by atoms with Gasteiger partial charge in [-0.25, -0.2) is 28.4 Å². The van der Waals surface area contributed by atoms with Crippen molar-refractivity contribution in [3.8, 4) is 11.8 Å². The third-order valence-corrected chi connectivity index (χ3v) is 16.9. The van der Waals surface area contributed by atoms with Crippen LogP contribution in [0, 0.1) is 20.8 Å². The Balaban J connectivity index is 0.936. The Kier molecular flexibility index (Phi) is 14.6. The molecule has 10 rings (SSSR count). The van der Waals surface area contributed by atoms with Crippen molar-refractivity contribution in [2.75, 3.05) is 19.5 Å². The number of rotatable bonds is 16. The lowest BCUT2D eigenvalue weighted by Gasteiger charge is -2.31. The van der Waals surface area contributed by atoms with Gasteiger partial charge in [-0.1, -0.05) is 71.7 Å². The summed E-state index contributed by atoms with van der Waals surface area (Å²) in [4.78, 5) is 27.4. The zero-order valence-electron chi connectivity index (χ0n) is 43.5. The summed E-state index contributed by atoms with van der Waals surface area (Å²) in [7, 11) is 1.07. The predicted molar refractivity (Wildman–Crippen MR) is 294 cm³/mol. The Morgan fingerprint density at radius 2 is 1.27 bits per heavy atom. The van der Waals surface area contributed by atoms with Gasteiger partial charge in [0.05, 0.1) is 80.2 Å². The van der Waals surface area contributed by atoms with E-state index in [1.165, 1.54) is 31.4 Å². The molecule has 4 aromatic carbocycles. The highest BCUT2D eigenvalue weighted by molar-refractivity contribution is 7.91. The van der Waals surface area contributed by atoms with Gasteiger partial charge in [0.25, 0.3) is 0 Å². The first kappa shape index (κ1) is 54.6. The van der Waals surface area contributed by atoms with Crippen LogP contribution in [-0.4, -0.2) is 77.1 Å². The van der Waals surface area contributed by atoms with Crippen LogP contribution in [0.3, 0.4) is 0 Å². The number of hydrogen-bond acceptors (Lipinski definition) is 12. The molecule has 0 aliphatic carbocycles. The highest BCUT2D eigenvalue weighted by atomic mass is 35.5. The molecule has 0 saturated carbocycles. The number of fused-ring (bicyclic) bond motifs is 2. The zero-order valence-corrected chi connectivity index (χ0v) is 45.8. The fourth-order valence-electron chi connectivity index (χ4n) is 9.99. The Labute approximate surface area is 463 Å². The van der Waals surface area contributed by atoms with Gasteiger partial charge in [-0.2, -0.15) is 13.2 Å². The maximum Gasteiger partial charge on any atom is 0.416 e. The van der Waals surface area contributed by atoms with Crippen molar-refractivity contribution in [1.82, 2.24) is 39.0 Å². The van der Waals surface area contributed by atoms with Crippen LogP contribution in [0.5, 0.6) is 11.8 Å². The van der Waals surface area contributed by atoms with Crippen LogP contribution in [0.2, 0.25) is 10.0 Å². The van der Waals surface area contributed by atoms with Crippen LogP contribution in [0.1, 0.15) is 78.8 Å². The fraction of sp³-hybridized carbons (Fsp3) is 0.220. The smallest absolute Gasteiger partial charge is 0.416 e. The normalized spacial score (nSPS) is 13.6. The quantitative estimate of drug-likeness (QED) is 0.0936. The average molecular weight is 1130 g/mol. The first-order chi connectivity index (χ1) is 37.6. The molecule has 79 heavy (non-hydrogen) atoms. The molecule has 0 amide bonds. The maximum absolute atomic E-state index is 14.0. The van der Waals surface area contributed by atoms with Crippen molar-refractivity contribution in [2.45, 2.75) is 55.9 Å². The molecule has 0 fully saturated rings. The molecule has 0 aliphatic heterocycles. The molecule has 2 atom stereocenters. The number of methoxy groups -OCH3 is 1. The van der Waals surface area contributed by atoms with Gasteiger partial charge in [0, 0.05) is 72.0 Å². The highest BCUT2D eigenvalue weighted by Crippen LogP contribution is 2.44. The predicted octanol–water partition coefficient (Wildman–Crippen LogP) is 10.9. The number of ether oxygens (including phenoxy) is 2. The second-order valence-corrected chi connectivity index (χ2v) is 22.2. The molecule has 0 radical (unpaired) electrons.